The quantitative estimate of drug-likeness (QED) is 0.795. The summed E-state index contributed by atoms with van der Waals surface area (Å²) in [7, 11) is 2.05. The first-order valence-corrected chi connectivity index (χ1v) is 6.83. The third-order valence-corrected chi connectivity index (χ3v) is 3.65. The number of aliphatic imine (C=N–C) groups is 1. The van der Waals surface area contributed by atoms with Crippen LogP contribution in [0.15, 0.2) is 35.9 Å². The molecule has 3 rings (SSSR count). The number of rotatable bonds is 2. The van der Waals surface area contributed by atoms with Crippen molar-refractivity contribution < 1.29 is 4.74 Å². The lowest BCUT2D eigenvalue weighted by Gasteiger charge is -2.42. The molecule has 2 atom stereocenters. The molecule has 1 fully saturated rings. The molecular formula is C14H19N5O. The molecule has 6 heteroatoms. The summed E-state index contributed by atoms with van der Waals surface area (Å²) >= 11 is 0. The van der Waals surface area contributed by atoms with Crippen LogP contribution in [0.3, 0.4) is 0 Å². The van der Waals surface area contributed by atoms with Crippen molar-refractivity contribution in [3.63, 3.8) is 0 Å². The number of aromatic nitrogens is 2. The third-order valence-electron chi connectivity index (χ3n) is 3.65. The molecule has 2 aliphatic heterocycles. The van der Waals surface area contributed by atoms with Gasteiger partial charge in [-0.15, -0.1) is 0 Å². The minimum absolute atomic E-state index is 0.00358. The zero-order chi connectivity index (χ0) is 13.9. The Hall–Kier alpha value is -1.79. The standard InChI is InChI=1S/C14H19N5O/c1-11-9-20-8-7-19(11)14-17-13(4-6-18(14)2)12-3-5-15-10-16-12/h3-6,10-11,14H,7-9H2,1-2H3/t11-,14?/m1/s1. The number of hydrogen-bond acceptors (Lipinski definition) is 6. The monoisotopic (exact) mass is 273 g/mol. The van der Waals surface area contributed by atoms with E-state index in [0.717, 1.165) is 31.2 Å². The largest absolute Gasteiger partial charge is 0.379 e. The van der Waals surface area contributed by atoms with Crippen molar-refractivity contribution in [2.24, 2.45) is 4.99 Å². The fraction of sp³-hybridized carbons (Fsp3) is 0.500. The van der Waals surface area contributed by atoms with Crippen molar-refractivity contribution in [3.05, 3.63) is 36.6 Å². The van der Waals surface area contributed by atoms with Gasteiger partial charge in [-0.25, -0.2) is 15.0 Å². The molecule has 0 saturated carbocycles. The molecule has 106 valence electrons. The predicted octanol–water partition coefficient (Wildman–Crippen LogP) is 0.729. The van der Waals surface area contributed by atoms with Gasteiger partial charge in [0.25, 0.3) is 0 Å². The second kappa shape index (κ2) is 5.68. The zero-order valence-electron chi connectivity index (χ0n) is 11.8. The summed E-state index contributed by atoms with van der Waals surface area (Å²) in [6, 6.07) is 2.24. The van der Waals surface area contributed by atoms with Crippen LogP contribution in [0, 0.1) is 0 Å². The molecule has 0 bridgehead atoms. The van der Waals surface area contributed by atoms with Gasteiger partial charge in [-0.05, 0) is 19.1 Å². The molecule has 1 saturated heterocycles. The van der Waals surface area contributed by atoms with Crippen molar-refractivity contribution in [2.45, 2.75) is 19.3 Å². The predicted molar refractivity (Wildman–Crippen MR) is 76.2 cm³/mol. The van der Waals surface area contributed by atoms with E-state index in [0.29, 0.717) is 6.04 Å². The molecule has 1 aromatic heterocycles. The van der Waals surface area contributed by atoms with Gasteiger partial charge in [0.05, 0.1) is 24.6 Å². The fourth-order valence-electron chi connectivity index (χ4n) is 2.51. The Kier molecular flexibility index (Phi) is 3.75. The van der Waals surface area contributed by atoms with Crippen molar-refractivity contribution in [3.8, 4) is 0 Å². The van der Waals surface area contributed by atoms with E-state index in [2.05, 4.69) is 32.9 Å². The zero-order valence-corrected chi connectivity index (χ0v) is 11.8. The maximum Gasteiger partial charge on any atom is 0.179 e. The molecule has 1 aromatic rings. The normalized spacial score (nSPS) is 27.5. The lowest BCUT2D eigenvalue weighted by atomic mass is 10.2. The Morgan fingerprint density at radius 1 is 1.40 bits per heavy atom. The Labute approximate surface area is 118 Å². The van der Waals surface area contributed by atoms with Crippen LogP contribution >= 0.6 is 0 Å². The van der Waals surface area contributed by atoms with Crippen LogP contribution in [-0.2, 0) is 4.74 Å². The molecule has 0 N–H and O–H groups in total. The van der Waals surface area contributed by atoms with Crippen LogP contribution in [0.25, 0.3) is 0 Å². The van der Waals surface area contributed by atoms with Crippen LogP contribution < -0.4 is 0 Å². The van der Waals surface area contributed by atoms with Gasteiger partial charge in [-0.2, -0.15) is 0 Å². The molecule has 1 unspecified atom stereocenters. The molecule has 6 nitrogen and oxygen atoms in total. The van der Waals surface area contributed by atoms with Crippen molar-refractivity contribution in [1.82, 2.24) is 19.8 Å². The fourth-order valence-corrected chi connectivity index (χ4v) is 2.51. The highest BCUT2D eigenvalue weighted by atomic mass is 16.5. The average molecular weight is 273 g/mol. The minimum Gasteiger partial charge on any atom is -0.379 e. The highest BCUT2D eigenvalue weighted by Gasteiger charge is 2.29. The lowest BCUT2D eigenvalue weighted by Crippen LogP contribution is -2.54. The van der Waals surface area contributed by atoms with E-state index in [1.54, 1.807) is 12.5 Å². The van der Waals surface area contributed by atoms with Crippen LogP contribution in [0.2, 0.25) is 0 Å². The molecule has 0 radical (unpaired) electrons. The summed E-state index contributed by atoms with van der Waals surface area (Å²) in [4.78, 5) is 17.5. The summed E-state index contributed by atoms with van der Waals surface area (Å²) in [5, 5.41) is 0. The molecule has 0 spiro atoms. The van der Waals surface area contributed by atoms with Crippen molar-refractivity contribution >= 4 is 5.71 Å². The van der Waals surface area contributed by atoms with Gasteiger partial charge in [0.1, 0.15) is 6.33 Å². The van der Waals surface area contributed by atoms with E-state index >= 15 is 0 Å². The summed E-state index contributed by atoms with van der Waals surface area (Å²) in [5.41, 5.74) is 1.75. The van der Waals surface area contributed by atoms with Gasteiger partial charge in [0, 0.05) is 32.0 Å². The maximum absolute atomic E-state index is 5.50. The number of morpholine rings is 1. The van der Waals surface area contributed by atoms with E-state index in [1.165, 1.54) is 0 Å². The van der Waals surface area contributed by atoms with E-state index in [9.17, 15) is 0 Å². The van der Waals surface area contributed by atoms with E-state index in [4.69, 9.17) is 9.73 Å². The molecular weight excluding hydrogens is 254 g/mol. The second-order valence-electron chi connectivity index (χ2n) is 5.10. The van der Waals surface area contributed by atoms with Crippen molar-refractivity contribution in [1.29, 1.82) is 0 Å². The van der Waals surface area contributed by atoms with E-state index in [-0.39, 0.29) is 6.29 Å². The Morgan fingerprint density at radius 3 is 3.05 bits per heavy atom. The molecule has 0 aliphatic carbocycles. The van der Waals surface area contributed by atoms with E-state index < -0.39 is 0 Å². The van der Waals surface area contributed by atoms with Gasteiger partial charge in [-0.3, -0.25) is 4.90 Å². The second-order valence-corrected chi connectivity index (χ2v) is 5.10. The first-order valence-electron chi connectivity index (χ1n) is 6.83. The van der Waals surface area contributed by atoms with Crippen LogP contribution in [0.5, 0.6) is 0 Å². The van der Waals surface area contributed by atoms with Gasteiger partial charge < -0.3 is 9.64 Å². The highest BCUT2D eigenvalue weighted by Crippen LogP contribution is 2.18. The molecule has 3 heterocycles. The Bertz CT molecular complexity index is 516. The average Bonchev–Trinajstić information content (AvgIpc) is 2.49. The van der Waals surface area contributed by atoms with Gasteiger partial charge in [0.2, 0.25) is 0 Å². The Balaban J connectivity index is 1.86. The van der Waals surface area contributed by atoms with Gasteiger partial charge in [-0.1, -0.05) is 0 Å². The smallest absolute Gasteiger partial charge is 0.179 e. The SMILES string of the molecule is C[C@@H]1COCCN1C1N=C(c2ccncn2)C=CN1C. The Morgan fingerprint density at radius 2 is 2.30 bits per heavy atom. The molecule has 20 heavy (non-hydrogen) atoms. The van der Waals surface area contributed by atoms with Crippen LogP contribution in [0.4, 0.5) is 0 Å². The molecule has 0 aromatic carbocycles. The third kappa shape index (κ3) is 2.57. The summed E-state index contributed by atoms with van der Waals surface area (Å²) < 4.78 is 5.50. The molecule has 0 amide bonds. The number of nitrogens with zero attached hydrogens (tertiary/aromatic N) is 5. The number of hydrogen-bond donors (Lipinski definition) is 0. The van der Waals surface area contributed by atoms with Gasteiger partial charge >= 0.3 is 0 Å². The topological polar surface area (TPSA) is 53.9 Å². The number of ether oxygens (including phenoxy) is 1. The summed E-state index contributed by atoms with van der Waals surface area (Å²) in [5.74, 6) is 0. The van der Waals surface area contributed by atoms with Crippen LogP contribution in [0.1, 0.15) is 12.6 Å². The molecule has 2 aliphatic rings. The van der Waals surface area contributed by atoms with Crippen molar-refractivity contribution in [2.75, 3.05) is 26.8 Å². The minimum atomic E-state index is 0.00358. The highest BCUT2D eigenvalue weighted by molar-refractivity contribution is 6.07. The first kappa shape index (κ1) is 13.2. The van der Waals surface area contributed by atoms with E-state index in [1.807, 2.05) is 19.2 Å². The van der Waals surface area contributed by atoms with Crippen LogP contribution in [-0.4, -0.2) is 64.6 Å². The lowest BCUT2D eigenvalue weighted by molar-refractivity contribution is -0.0479. The summed E-state index contributed by atoms with van der Waals surface area (Å²) in [6.45, 7) is 4.58. The summed E-state index contributed by atoms with van der Waals surface area (Å²) in [6.07, 6.45) is 7.34. The first-order chi connectivity index (χ1) is 9.75. The van der Waals surface area contributed by atoms with Gasteiger partial charge in [0.15, 0.2) is 6.29 Å². The number of allylic oxidation sites excluding steroid dienone is 1. The maximum atomic E-state index is 5.50.